The number of amides is 1. The number of likely N-dealkylation sites (tertiary alicyclic amines) is 1. The number of benzene rings is 1. The van der Waals surface area contributed by atoms with Crippen molar-refractivity contribution in [1.29, 1.82) is 0 Å². The van der Waals surface area contributed by atoms with Gasteiger partial charge in [-0.25, -0.2) is 0 Å². The number of hydrogen-bond acceptors (Lipinski definition) is 6. The number of carbonyl (C=O) groups is 1. The summed E-state index contributed by atoms with van der Waals surface area (Å²) in [6, 6.07) is 6.79. The highest BCUT2D eigenvalue weighted by Crippen LogP contribution is 2.51. The maximum Gasteiger partial charge on any atom is 0.401 e. The van der Waals surface area contributed by atoms with Gasteiger partial charge in [0.1, 0.15) is 12.4 Å². The molecule has 0 radical (unpaired) electrons. The smallest absolute Gasteiger partial charge is 0.401 e. The number of rotatable bonds is 8. The van der Waals surface area contributed by atoms with E-state index in [4.69, 9.17) is 21.1 Å². The molecule has 38 heavy (non-hydrogen) atoms. The van der Waals surface area contributed by atoms with Gasteiger partial charge in [-0.05, 0) is 31.0 Å². The lowest BCUT2D eigenvalue weighted by Crippen LogP contribution is -2.54. The van der Waals surface area contributed by atoms with Crippen molar-refractivity contribution in [2.75, 3.05) is 32.1 Å². The topological polar surface area (TPSA) is 91.5 Å². The number of pyridine rings is 1. The van der Waals surface area contributed by atoms with E-state index < -0.39 is 12.7 Å². The highest BCUT2D eigenvalue weighted by atomic mass is 35.5. The molecule has 12 heteroatoms. The van der Waals surface area contributed by atoms with Crippen molar-refractivity contribution in [3.8, 4) is 22.8 Å². The summed E-state index contributed by atoms with van der Waals surface area (Å²) in [6.45, 7) is -0.493. The number of carbonyl (C=O) groups excluding carboxylic acids is 1. The van der Waals surface area contributed by atoms with Gasteiger partial charge in [0.2, 0.25) is 0 Å². The maximum atomic E-state index is 13.1. The van der Waals surface area contributed by atoms with Crippen LogP contribution in [0.5, 0.6) is 11.5 Å². The van der Waals surface area contributed by atoms with Crippen LogP contribution in [0.3, 0.4) is 0 Å². The predicted octanol–water partition coefficient (Wildman–Crippen LogP) is 5.10. The molecule has 1 aromatic carbocycles. The number of aromatic nitrogens is 2. The van der Waals surface area contributed by atoms with Crippen LogP contribution in [0.4, 0.5) is 24.5 Å². The van der Waals surface area contributed by atoms with E-state index in [-0.39, 0.29) is 30.5 Å². The minimum absolute atomic E-state index is 0.0886. The molecule has 6 rings (SSSR count). The molecule has 0 spiro atoms. The first-order valence-electron chi connectivity index (χ1n) is 12.3. The van der Waals surface area contributed by atoms with Crippen molar-refractivity contribution < 1.29 is 27.4 Å². The summed E-state index contributed by atoms with van der Waals surface area (Å²) in [6.07, 6.45) is 0.337. The Bertz CT molecular complexity index is 1390. The van der Waals surface area contributed by atoms with Crippen LogP contribution in [0.2, 0.25) is 5.02 Å². The summed E-state index contributed by atoms with van der Waals surface area (Å²) in [7, 11) is 1.51. The molecule has 0 bridgehead atoms. The van der Waals surface area contributed by atoms with Crippen LogP contribution in [-0.2, 0) is 0 Å². The highest BCUT2D eigenvalue weighted by molar-refractivity contribution is 6.32. The van der Waals surface area contributed by atoms with Gasteiger partial charge in [-0.3, -0.25) is 14.7 Å². The molecule has 3 atom stereocenters. The van der Waals surface area contributed by atoms with Crippen LogP contribution in [-0.4, -0.2) is 65.8 Å². The summed E-state index contributed by atoms with van der Waals surface area (Å²) >= 11 is 6.34. The van der Waals surface area contributed by atoms with Crippen molar-refractivity contribution in [3.05, 3.63) is 52.9 Å². The molecule has 1 amide bonds. The largest absolute Gasteiger partial charge is 0.493 e. The van der Waals surface area contributed by atoms with Gasteiger partial charge in [-0.15, -0.1) is 0 Å². The average Bonchev–Trinajstić information content (AvgIpc) is 3.54. The van der Waals surface area contributed by atoms with E-state index in [0.29, 0.717) is 57.7 Å². The lowest BCUT2D eigenvalue weighted by Gasteiger charge is -2.40. The fourth-order valence-corrected chi connectivity index (χ4v) is 5.48. The third-order valence-corrected chi connectivity index (χ3v) is 7.60. The molecular formula is C26H25ClF3N5O3. The van der Waals surface area contributed by atoms with Gasteiger partial charge in [0, 0.05) is 42.0 Å². The molecule has 3 aliphatic rings. The third kappa shape index (κ3) is 4.54. The molecule has 2 fully saturated rings. The number of H-pyrrole nitrogens is 1. The van der Waals surface area contributed by atoms with E-state index >= 15 is 0 Å². The quantitative estimate of drug-likeness (QED) is 0.364. The second kappa shape index (κ2) is 9.39. The van der Waals surface area contributed by atoms with Gasteiger partial charge < -0.3 is 25.1 Å². The zero-order valence-electron chi connectivity index (χ0n) is 20.4. The Labute approximate surface area is 221 Å². The Morgan fingerprint density at radius 3 is 2.87 bits per heavy atom. The van der Waals surface area contributed by atoms with Crippen molar-refractivity contribution in [2.24, 2.45) is 0 Å². The van der Waals surface area contributed by atoms with E-state index in [1.54, 1.807) is 30.5 Å². The summed E-state index contributed by atoms with van der Waals surface area (Å²) in [5, 5.41) is 6.79. The SMILES string of the molecule is COc1c(Cl)cccc1Nc1c(-c2ccncc2OC[C@H]2CCN2CC(F)(F)F)[nH]c2c1C(=O)N[C@@H]1C[C@H]21. The zero-order chi connectivity index (χ0) is 26.6. The van der Waals surface area contributed by atoms with Crippen molar-refractivity contribution in [2.45, 2.75) is 37.0 Å². The monoisotopic (exact) mass is 547 g/mol. The Balaban J connectivity index is 1.36. The van der Waals surface area contributed by atoms with E-state index in [0.717, 1.165) is 12.1 Å². The van der Waals surface area contributed by atoms with Gasteiger partial charge in [0.25, 0.3) is 5.91 Å². The summed E-state index contributed by atoms with van der Waals surface area (Å²) in [5.74, 6) is 0.809. The molecule has 200 valence electrons. The fourth-order valence-electron chi connectivity index (χ4n) is 5.23. The number of fused-ring (bicyclic) bond motifs is 3. The molecular weight excluding hydrogens is 523 g/mol. The van der Waals surface area contributed by atoms with Gasteiger partial charge >= 0.3 is 6.18 Å². The molecule has 3 aromatic rings. The highest BCUT2D eigenvalue weighted by Gasteiger charge is 2.48. The van der Waals surface area contributed by atoms with E-state index in [1.165, 1.54) is 18.2 Å². The van der Waals surface area contributed by atoms with Crippen molar-refractivity contribution in [1.82, 2.24) is 20.2 Å². The molecule has 8 nitrogen and oxygen atoms in total. The van der Waals surface area contributed by atoms with E-state index in [2.05, 4.69) is 20.6 Å². The Morgan fingerprint density at radius 2 is 2.13 bits per heavy atom. The number of alkyl halides is 3. The second-order valence-electron chi connectivity index (χ2n) is 9.74. The number of anilines is 2. The van der Waals surface area contributed by atoms with Crippen LogP contribution < -0.4 is 20.1 Å². The molecule has 2 aromatic heterocycles. The van der Waals surface area contributed by atoms with Crippen LogP contribution in [0.15, 0.2) is 36.7 Å². The summed E-state index contributed by atoms with van der Waals surface area (Å²) in [4.78, 5) is 22.1. The van der Waals surface area contributed by atoms with E-state index in [1.807, 2.05) is 0 Å². The number of hydrogen-bond donors (Lipinski definition) is 3. The summed E-state index contributed by atoms with van der Waals surface area (Å²) in [5.41, 5.74) is 3.67. The number of aromatic amines is 1. The van der Waals surface area contributed by atoms with Crippen LogP contribution in [0.1, 0.15) is 34.8 Å². The van der Waals surface area contributed by atoms with Crippen molar-refractivity contribution >= 4 is 28.9 Å². The normalized spacial score (nSPS) is 22.1. The Hall–Kier alpha value is -3.44. The predicted molar refractivity (Wildman–Crippen MR) is 135 cm³/mol. The molecule has 4 heterocycles. The van der Waals surface area contributed by atoms with E-state index in [9.17, 15) is 18.0 Å². The van der Waals surface area contributed by atoms with Crippen LogP contribution in [0.25, 0.3) is 11.3 Å². The molecule has 1 aliphatic carbocycles. The van der Waals surface area contributed by atoms with Gasteiger partial charge in [0.15, 0.2) is 5.75 Å². The van der Waals surface area contributed by atoms with Gasteiger partial charge in [-0.1, -0.05) is 17.7 Å². The molecule has 1 saturated carbocycles. The van der Waals surface area contributed by atoms with Crippen LogP contribution >= 0.6 is 11.6 Å². The second-order valence-corrected chi connectivity index (χ2v) is 10.1. The molecule has 1 saturated heterocycles. The Morgan fingerprint density at radius 1 is 1.29 bits per heavy atom. The number of ether oxygens (including phenoxy) is 2. The minimum atomic E-state index is -4.26. The lowest BCUT2D eigenvalue weighted by molar-refractivity contribution is -0.163. The number of methoxy groups -OCH3 is 1. The van der Waals surface area contributed by atoms with Crippen LogP contribution in [0, 0.1) is 0 Å². The number of nitrogens with one attached hydrogen (secondary N) is 3. The molecule has 3 N–H and O–H groups in total. The standard InChI is InChI=1S/C26H25ClF3N5O3/c1-37-24-16(27)3-2-4-17(24)32-23-20-21(15-9-18(15)33-25(20)36)34-22(23)14-5-7-31-10-19(14)38-11-13-6-8-35(13)12-26(28,29)30/h2-5,7,10,13,15,18,32,34H,6,8-9,11-12H2,1H3,(H,33,36)/t13-,15+,18-/m1/s1. The number of para-hydroxylation sites is 1. The first-order chi connectivity index (χ1) is 18.2. The zero-order valence-corrected chi connectivity index (χ0v) is 21.1. The first-order valence-corrected chi connectivity index (χ1v) is 12.7. The lowest BCUT2D eigenvalue weighted by atomic mass is 10.0. The Kier molecular flexibility index (Phi) is 6.14. The molecule has 0 unspecified atom stereocenters. The maximum absolute atomic E-state index is 13.1. The van der Waals surface area contributed by atoms with Gasteiger partial charge in [-0.2, -0.15) is 13.2 Å². The minimum Gasteiger partial charge on any atom is -0.493 e. The first kappa shape index (κ1) is 24.9. The molecule has 2 aliphatic heterocycles. The number of nitrogens with zero attached hydrogens (tertiary/aromatic N) is 2. The third-order valence-electron chi connectivity index (χ3n) is 7.30. The van der Waals surface area contributed by atoms with Gasteiger partial charge in [0.05, 0.1) is 47.5 Å². The average molecular weight is 548 g/mol. The van der Waals surface area contributed by atoms with Crippen molar-refractivity contribution in [3.63, 3.8) is 0 Å². The fraction of sp³-hybridized carbons (Fsp3) is 0.385. The number of halogens is 4. The summed E-state index contributed by atoms with van der Waals surface area (Å²) < 4.78 is 50.2.